The topological polar surface area (TPSA) is 29.4 Å². The number of halogens is 1. The van der Waals surface area contributed by atoms with Crippen LogP contribution in [0.4, 0.5) is 4.39 Å². The molecule has 1 atom stereocenters. The van der Waals surface area contributed by atoms with E-state index in [2.05, 4.69) is 4.99 Å². The number of thiocarbonyl (C=S) groups is 1. The molecule has 2 rings (SSSR count). The standard InChI is InChI=1S/C10H6FNOS2/c11-7-3-1-6(2-4-7)9-8(5-13)15-10(14)12-9/h1-5,8H/t8-/m1/s1. The predicted octanol–water partition coefficient (Wildman–Crippen LogP) is 2.21. The molecule has 0 amide bonds. The molecule has 2 nitrogen and oxygen atoms in total. The zero-order chi connectivity index (χ0) is 10.8. The van der Waals surface area contributed by atoms with Crippen molar-refractivity contribution in [1.29, 1.82) is 0 Å². The van der Waals surface area contributed by atoms with Gasteiger partial charge in [-0.05, 0) is 17.7 Å². The van der Waals surface area contributed by atoms with Crippen LogP contribution in [0.1, 0.15) is 5.56 Å². The van der Waals surface area contributed by atoms with Gasteiger partial charge in [0.05, 0.1) is 5.71 Å². The number of thioether (sulfide) groups is 1. The van der Waals surface area contributed by atoms with Crippen molar-refractivity contribution in [2.75, 3.05) is 0 Å². The van der Waals surface area contributed by atoms with Crippen LogP contribution in [0.15, 0.2) is 29.3 Å². The molecule has 0 aromatic heterocycles. The first-order chi connectivity index (χ1) is 7.20. The molecule has 1 heterocycles. The summed E-state index contributed by atoms with van der Waals surface area (Å²) in [6, 6.07) is 5.87. The number of hydrogen-bond acceptors (Lipinski definition) is 3. The summed E-state index contributed by atoms with van der Waals surface area (Å²) >= 11 is 6.15. The van der Waals surface area contributed by atoms with Gasteiger partial charge < -0.3 is 4.79 Å². The van der Waals surface area contributed by atoms with Crippen LogP contribution in [0.25, 0.3) is 0 Å². The van der Waals surface area contributed by atoms with Crippen LogP contribution in [-0.4, -0.2) is 21.6 Å². The molecule has 1 aromatic carbocycles. The molecule has 76 valence electrons. The first-order valence-electron chi connectivity index (χ1n) is 4.21. The van der Waals surface area contributed by atoms with E-state index in [0.717, 1.165) is 11.8 Å². The zero-order valence-electron chi connectivity index (χ0n) is 7.51. The van der Waals surface area contributed by atoms with Crippen molar-refractivity contribution in [3.63, 3.8) is 0 Å². The third-order valence-corrected chi connectivity index (χ3v) is 3.23. The van der Waals surface area contributed by atoms with E-state index in [0.29, 0.717) is 10.0 Å². The van der Waals surface area contributed by atoms with Gasteiger partial charge >= 0.3 is 0 Å². The maximum absolute atomic E-state index is 12.7. The Hall–Kier alpha value is -1.07. The molecular weight excluding hydrogens is 233 g/mol. The summed E-state index contributed by atoms with van der Waals surface area (Å²) in [6.07, 6.45) is 0.798. The molecule has 0 N–H and O–H groups in total. The molecule has 0 saturated carbocycles. The molecule has 15 heavy (non-hydrogen) atoms. The predicted molar refractivity (Wildman–Crippen MR) is 63.0 cm³/mol. The van der Waals surface area contributed by atoms with Crippen LogP contribution in [0.5, 0.6) is 0 Å². The third-order valence-electron chi connectivity index (χ3n) is 1.97. The fourth-order valence-corrected chi connectivity index (χ4v) is 2.43. The van der Waals surface area contributed by atoms with Gasteiger partial charge in [-0.1, -0.05) is 36.1 Å². The van der Waals surface area contributed by atoms with Crippen LogP contribution in [-0.2, 0) is 4.79 Å². The number of rotatable bonds is 2. The van der Waals surface area contributed by atoms with Gasteiger partial charge in [0.15, 0.2) is 4.32 Å². The van der Waals surface area contributed by atoms with E-state index in [1.807, 2.05) is 0 Å². The van der Waals surface area contributed by atoms with Gasteiger partial charge in [0.2, 0.25) is 0 Å². The van der Waals surface area contributed by atoms with Crippen LogP contribution in [0, 0.1) is 5.82 Å². The lowest BCUT2D eigenvalue weighted by Crippen LogP contribution is -2.15. The molecule has 0 bridgehead atoms. The van der Waals surface area contributed by atoms with Gasteiger partial charge in [-0.3, -0.25) is 0 Å². The monoisotopic (exact) mass is 239 g/mol. The Morgan fingerprint density at radius 2 is 2.07 bits per heavy atom. The average molecular weight is 239 g/mol. The fraction of sp³-hybridized carbons (Fsp3) is 0.100. The average Bonchev–Trinajstić information content (AvgIpc) is 2.61. The molecule has 0 unspecified atom stereocenters. The summed E-state index contributed by atoms with van der Waals surface area (Å²) in [5.41, 5.74) is 1.35. The summed E-state index contributed by atoms with van der Waals surface area (Å²) in [6.45, 7) is 0. The van der Waals surface area contributed by atoms with Gasteiger partial charge in [-0.15, -0.1) is 0 Å². The normalized spacial score (nSPS) is 20.2. The number of nitrogens with zero attached hydrogens (tertiary/aromatic N) is 1. The van der Waals surface area contributed by atoms with Crippen molar-refractivity contribution >= 4 is 40.3 Å². The fourth-order valence-electron chi connectivity index (χ4n) is 1.29. The minimum atomic E-state index is -0.358. The Morgan fingerprint density at radius 1 is 1.40 bits per heavy atom. The maximum atomic E-state index is 12.7. The summed E-state index contributed by atoms with van der Waals surface area (Å²) in [4.78, 5) is 14.9. The molecule has 0 spiro atoms. The van der Waals surface area contributed by atoms with Gasteiger partial charge in [0.25, 0.3) is 0 Å². The lowest BCUT2D eigenvalue weighted by atomic mass is 10.1. The molecule has 0 radical (unpaired) electrons. The molecule has 1 aromatic rings. The van der Waals surface area contributed by atoms with E-state index in [1.54, 1.807) is 12.1 Å². The highest BCUT2D eigenvalue weighted by atomic mass is 32.2. The van der Waals surface area contributed by atoms with E-state index in [-0.39, 0.29) is 11.1 Å². The highest BCUT2D eigenvalue weighted by molar-refractivity contribution is 8.24. The molecular formula is C10H6FNOS2. The Labute approximate surface area is 95.6 Å². The van der Waals surface area contributed by atoms with Gasteiger partial charge in [0.1, 0.15) is 17.4 Å². The number of benzene rings is 1. The quantitative estimate of drug-likeness (QED) is 0.585. The number of aliphatic imine (C=N–C) groups is 1. The second-order valence-electron chi connectivity index (χ2n) is 2.94. The highest BCUT2D eigenvalue weighted by Crippen LogP contribution is 2.25. The van der Waals surface area contributed by atoms with Gasteiger partial charge in [-0.2, -0.15) is 0 Å². The van der Waals surface area contributed by atoms with Crippen molar-refractivity contribution in [2.24, 2.45) is 4.99 Å². The van der Waals surface area contributed by atoms with Gasteiger partial charge in [0, 0.05) is 0 Å². The van der Waals surface area contributed by atoms with Crippen molar-refractivity contribution in [2.45, 2.75) is 5.25 Å². The van der Waals surface area contributed by atoms with Crippen molar-refractivity contribution < 1.29 is 9.18 Å². The van der Waals surface area contributed by atoms with E-state index in [9.17, 15) is 9.18 Å². The number of carbonyl (C=O) groups is 1. The van der Waals surface area contributed by atoms with E-state index in [4.69, 9.17) is 12.2 Å². The Morgan fingerprint density at radius 3 is 2.67 bits per heavy atom. The smallest absolute Gasteiger partial charge is 0.161 e. The first kappa shape index (κ1) is 10.4. The SMILES string of the molecule is O=C[C@H]1SC(=S)N=C1c1ccc(F)cc1. The Bertz CT molecular complexity index is 441. The van der Waals surface area contributed by atoms with E-state index >= 15 is 0 Å². The zero-order valence-corrected chi connectivity index (χ0v) is 9.15. The van der Waals surface area contributed by atoms with Crippen LogP contribution >= 0.6 is 24.0 Å². The maximum Gasteiger partial charge on any atom is 0.161 e. The van der Waals surface area contributed by atoms with Crippen LogP contribution in [0.3, 0.4) is 0 Å². The second-order valence-corrected chi connectivity index (χ2v) is 4.72. The molecule has 1 aliphatic heterocycles. The largest absolute Gasteiger partial charge is 0.302 e. The summed E-state index contributed by atoms with van der Waals surface area (Å²) in [5.74, 6) is -0.310. The van der Waals surface area contributed by atoms with Crippen LogP contribution < -0.4 is 0 Å². The van der Waals surface area contributed by atoms with Crippen molar-refractivity contribution in [1.82, 2.24) is 0 Å². The molecule has 0 fully saturated rings. The van der Waals surface area contributed by atoms with Crippen LogP contribution in [0.2, 0.25) is 0 Å². The van der Waals surface area contributed by atoms with E-state index in [1.165, 1.54) is 23.9 Å². The molecule has 5 heteroatoms. The lowest BCUT2D eigenvalue weighted by molar-refractivity contribution is -0.106. The molecule has 0 aliphatic carbocycles. The first-order valence-corrected chi connectivity index (χ1v) is 5.50. The second kappa shape index (κ2) is 4.20. The van der Waals surface area contributed by atoms with Crippen molar-refractivity contribution in [3.8, 4) is 0 Å². The Kier molecular flexibility index (Phi) is 2.93. The van der Waals surface area contributed by atoms with E-state index < -0.39 is 0 Å². The number of aldehydes is 1. The number of hydrogen-bond donors (Lipinski definition) is 0. The number of carbonyl (C=O) groups excluding carboxylic acids is 1. The summed E-state index contributed by atoms with van der Waals surface area (Å²) < 4.78 is 13.1. The minimum Gasteiger partial charge on any atom is -0.302 e. The van der Waals surface area contributed by atoms with Crippen molar-refractivity contribution in [3.05, 3.63) is 35.6 Å². The summed E-state index contributed by atoms with van der Waals surface area (Å²) in [7, 11) is 0. The summed E-state index contributed by atoms with van der Waals surface area (Å²) in [5, 5.41) is -0.358. The molecule has 1 aliphatic rings. The Balaban J connectivity index is 2.37. The highest BCUT2D eigenvalue weighted by Gasteiger charge is 2.25. The third kappa shape index (κ3) is 2.13. The van der Waals surface area contributed by atoms with Gasteiger partial charge in [-0.25, -0.2) is 9.38 Å². The molecule has 0 saturated heterocycles. The minimum absolute atomic E-state index is 0.310. The lowest BCUT2D eigenvalue weighted by Gasteiger charge is -2.03.